The van der Waals surface area contributed by atoms with E-state index >= 15 is 0 Å². The Labute approximate surface area is 104 Å². The summed E-state index contributed by atoms with van der Waals surface area (Å²) in [6, 6.07) is 0. The summed E-state index contributed by atoms with van der Waals surface area (Å²) in [5.74, 6) is -0.141. The summed E-state index contributed by atoms with van der Waals surface area (Å²) in [7, 11) is 0. The quantitative estimate of drug-likeness (QED) is 0.746. The first-order valence-corrected chi connectivity index (χ1v) is 6.41. The van der Waals surface area contributed by atoms with Crippen molar-refractivity contribution in [3.05, 3.63) is 5.82 Å². The van der Waals surface area contributed by atoms with Gasteiger partial charge in [0.15, 0.2) is 11.0 Å². The van der Waals surface area contributed by atoms with Gasteiger partial charge in [0.2, 0.25) is 0 Å². The van der Waals surface area contributed by atoms with Gasteiger partial charge in [-0.15, -0.1) is 10.2 Å². The van der Waals surface area contributed by atoms with Crippen LogP contribution in [-0.2, 0) is 22.7 Å². The zero-order valence-corrected chi connectivity index (χ0v) is 11.0. The second kappa shape index (κ2) is 6.61. The molecule has 0 radical (unpaired) electrons. The summed E-state index contributed by atoms with van der Waals surface area (Å²) in [5.41, 5.74) is 0. The first-order valence-electron chi connectivity index (χ1n) is 5.42. The number of thioether (sulfide) groups is 1. The lowest BCUT2D eigenvalue weighted by Gasteiger charge is -2.09. The number of aromatic nitrogens is 3. The highest BCUT2D eigenvalue weighted by molar-refractivity contribution is 7.99. The van der Waals surface area contributed by atoms with Crippen LogP contribution in [0.5, 0.6) is 0 Å². The van der Waals surface area contributed by atoms with Crippen molar-refractivity contribution in [1.29, 1.82) is 0 Å². The molecule has 0 saturated carbocycles. The van der Waals surface area contributed by atoms with Gasteiger partial charge in [-0.2, -0.15) is 0 Å². The van der Waals surface area contributed by atoms with Crippen LogP contribution in [0.3, 0.4) is 0 Å². The fourth-order valence-electron chi connectivity index (χ4n) is 1.22. The van der Waals surface area contributed by atoms with E-state index < -0.39 is 5.97 Å². The number of aliphatic carboxylic acids is 1. The number of hydrogen-bond donors (Lipinski definition) is 1. The molecule has 17 heavy (non-hydrogen) atoms. The number of carbonyl (C=O) groups is 1. The lowest BCUT2D eigenvalue weighted by Crippen LogP contribution is -2.09. The molecule has 0 aliphatic heterocycles. The van der Waals surface area contributed by atoms with E-state index in [0.29, 0.717) is 18.3 Å². The Balaban J connectivity index is 2.69. The second-order valence-electron chi connectivity index (χ2n) is 3.69. The molecule has 1 aromatic rings. The van der Waals surface area contributed by atoms with E-state index in [1.54, 1.807) is 0 Å². The maximum atomic E-state index is 10.5. The topological polar surface area (TPSA) is 77.2 Å². The SMILES string of the molecule is CCn1c(COC(C)C)nnc1SCC(=O)O. The molecule has 1 rings (SSSR count). The molecule has 0 amide bonds. The normalized spacial score (nSPS) is 11.1. The van der Waals surface area contributed by atoms with Gasteiger partial charge in [0, 0.05) is 6.54 Å². The Kier molecular flexibility index (Phi) is 5.43. The van der Waals surface area contributed by atoms with E-state index in [0.717, 1.165) is 5.82 Å². The lowest BCUT2D eigenvalue weighted by atomic mass is 10.5. The molecule has 1 N–H and O–H groups in total. The maximum absolute atomic E-state index is 10.5. The average molecular weight is 259 g/mol. The van der Waals surface area contributed by atoms with Gasteiger partial charge in [-0.1, -0.05) is 11.8 Å². The molecule has 0 aliphatic rings. The van der Waals surface area contributed by atoms with E-state index in [9.17, 15) is 4.79 Å². The predicted molar refractivity (Wildman–Crippen MR) is 64.0 cm³/mol. The third-order valence-corrected chi connectivity index (χ3v) is 2.93. The summed E-state index contributed by atoms with van der Waals surface area (Å²) >= 11 is 1.17. The smallest absolute Gasteiger partial charge is 0.313 e. The fourth-order valence-corrected chi connectivity index (χ4v) is 1.96. The number of rotatable bonds is 7. The largest absolute Gasteiger partial charge is 0.481 e. The van der Waals surface area contributed by atoms with Crippen molar-refractivity contribution in [1.82, 2.24) is 14.8 Å². The Bertz CT molecular complexity index is 379. The Morgan fingerprint density at radius 1 is 1.53 bits per heavy atom. The highest BCUT2D eigenvalue weighted by atomic mass is 32.2. The Hall–Kier alpha value is -1.08. The van der Waals surface area contributed by atoms with Crippen LogP contribution in [-0.4, -0.2) is 37.7 Å². The Morgan fingerprint density at radius 3 is 2.76 bits per heavy atom. The van der Waals surface area contributed by atoms with E-state index in [4.69, 9.17) is 9.84 Å². The molecule has 0 unspecified atom stereocenters. The first kappa shape index (κ1) is 14.0. The molecule has 1 heterocycles. The molecule has 6 nitrogen and oxygen atoms in total. The van der Waals surface area contributed by atoms with Gasteiger partial charge in [-0.25, -0.2) is 0 Å². The summed E-state index contributed by atoms with van der Waals surface area (Å²) in [4.78, 5) is 10.5. The molecule has 0 atom stereocenters. The van der Waals surface area contributed by atoms with Crippen molar-refractivity contribution in [2.75, 3.05) is 5.75 Å². The maximum Gasteiger partial charge on any atom is 0.313 e. The monoisotopic (exact) mass is 259 g/mol. The lowest BCUT2D eigenvalue weighted by molar-refractivity contribution is -0.133. The zero-order valence-electron chi connectivity index (χ0n) is 10.2. The number of nitrogens with zero attached hydrogens (tertiary/aromatic N) is 3. The van der Waals surface area contributed by atoms with Gasteiger partial charge < -0.3 is 14.4 Å². The van der Waals surface area contributed by atoms with E-state index in [-0.39, 0.29) is 11.9 Å². The van der Waals surface area contributed by atoms with Gasteiger partial charge >= 0.3 is 5.97 Å². The van der Waals surface area contributed by atoms with Crippen molar-refractivity contribution in [2.24, 2.45) is 0 Å². The van der Waals surface area contributed by atoms with Crippen LogP contribution in [0.4, 0.5) is 0 Å². The minimum absolute atomic E-state index is 0.0107. The van der Waals surface area contributed by atoms with Crippen molar-refractivity contribution in [3.63, 3.8) is 0 Å². The van der Waals surface area contributed by atoms with Crippen LogP contribution in [0.25, 0.3) is 0 Å². The molecule has 0 aromatic carbocycles. The van der Waals surface area contributed by atoms with E-state index in [1.807, 2.05) is 25.3 Å². The molecule has 96 valence electrons. The number of carboxylic acids is 1. The molecular weight excluding hydrogens is 242 g/mol. The summed E-state index contributed by atoms with van der Waals surface area (Å²) < 4.78 is 7.33. The van der Waals surface area contributed by atoms with Gasteiger partial charge in [-0.3, -0.25) is 4.79 Å². The third kappa shape index (κ3) is 4.35. The molecule has 0 bridgehead atoms. The Morgan fingerprint density at radius 2 is 2.24 bits per heavy atom. The van der Waals surface area contributed by atoms with Crippen LogP contribution in [0.15, 0.2) is 5.16 Å². The van der Waals surface area contributed by atoms with E-state index in [1.165, 1.54) is 11.8 Å². The summed E-state index contributed by atoms with van der Waals surface area (Å²) in [5, 5.41) is 17.2. The van der Waals surface area contributed by atoms with Crippen molar-refractivity contribution in [2.45, 2.75) is 45.2 Å². The minimum Gasteiger partial charge on any atom is -0.481 e. The van der Waals surface area contributed by atoms with Crippen LogP contribution in [0.1, 0.15) is 26.6 Å². The second-order valence-corrected chi connectivity index (χ2v) is 4.63. The van der Waals surface area contributed by atoms with Gasteiger partial charge in [0.25, 0.3) is 0 Å². The van der Waals surface area contributed by atoms with Crippen LogP contribution < -0.4 is 0 Å². The molecule has 0 spiro atoms. The zero-order chi connectivity index (χ0) is 12.8. The highest BCUT2D eigenvalue weighted by Crippen LogP contribution is 2.17. The summed E-state index contributed by atoms with van der Waals surface area (Å²) in [6.07, 6.45) is 0.132. The molecular formula is C10H17N3O3S. The van der Waals surface area contributed by atoms with Crippen molar-refractivity contribution < 1.29 is 14.6 Å². The minimum atomic E-state index is -0.861. The number of hydrogen-bond acceptors (Lipinski definition) is 5. The van der Waals surface area contributed by atoms with E-state index in [2.05, 4.69) is 10.2 Å². The number of carboxylic acid groups (broad SMARTS) is 1. The standard InChI is InChI=1S/C10H17N3O3S/c1-4-13-8(5-16-7(2)3)11-12-10(13)17-6-9(14)15/h7H,4-6H2,1-3H3,(H,14,15). The van der Waals surface area contributed by atoms with Crippen molar-refractivity contribution >= 4 is 17.7 Å². The molecule has 1 aromatic heterocycles. The summed E-state index contributed by atoms with van der Waals surface area (Å²) in [6.45, 7) is 6.96. The third-order valence-electron chi connectivity index (χ3n) is 1.98. The predicted octanol–water partition coefficient (Wildman–Crippen LogP) is 1.40. The fraction of sp³-hybridized carbons (Fsp3) is 0.700. The molecule has 0 fully saturated rings. The van der Waals surface area contributed by atoms with Crippen LogP contribution >= 0.6 is 11.8 Å². The molecule has 0 saturated heterocycles. The molecule has 0 aliphatic carbocycles. The van der Waals surface area contributed by atoms with Gasteiger partial charge in [-0.05, 0) is 20.8 Å². The van der Waals surface area contributed by atoms with Crippen LogP contribution in [0.2, 0.25) is 0 Å². The van der Waals surface area contributed by atoms with Crippen LogP contribution in [0, 0.1) is 0 Å². The molecule has 7 heteroatoms. The average Bonchev–Trinajstić information content (AvgIpc) is 2.65. The number of ether oxygens (including phenoxy) is 1. The first-order chi connectivity index (χ1) is 8.04. The highest BCUT2D eigenvalue weighted by Gasteiger charge is 2.13. The van der Waals surface area contributed by atoms with Gasteiger partial charge in [0.1, 0.15) is 6.61 Å². The van der Waals surface area contributed by atoms with Gasteiger partial charge in [0.05, 0.1) is 11.9 Å². The van der Waals surface area contributed by atoms with Crippen molar-refractivity contribution in [3.8, 4) is 0 Å².